The molecule has 1 fully saturated rings. The molecular formula is C12H24N2O2. The third-order valence-corrected chi connectivity index (χ3v) is 2.71. The Hall–Kier alpha value is -0.610. The minimum absolute atomic E-state index is 0.0385. The topological polar surface area (TPSA) is 41.6 Å². The van der Waals surface area contributed by atoms with Gasteiger partial charge in [-0.2, -0.15) is 0 Å². The van der Waals surface area contributed by atoms with Crippen LogP contribution in [0.4, 0.5) is 0 Å². The summed E-state index contributed by atoms with van der Waals surface area (Å²) in [6.07, 6.45) is 1.80. The van der Waals surface area contributed by atoms with Crippen molar-refractivity contribution in [2.45, 2.75) is 39.7 Å². The third kappa shape index (κ3) is 4.10. The number of rotatable bonds is 7. The van der Waals surface area contributed by atoms with Crippen LogP contribution in [0, 0.1) is 5.92 Å². The maximum atomic E-state index is 11.7. The molecule has 4 nitrogen and oxygen atoms in total. The lowest BCUT2D eigenvalue weighted by atomic mass is 10.2. The predicted octanol–water partition coefficient (Wildman–Crippen LogP) is 1.22. The summed E-state index contributed by atoms with van der Waals surface area (Å²) in [6.45, 7) is 9.37. The van der Waals surface area contributed by atoms with Crippen molar-refractivity contribution < 1.29 is 9.53 Å². The molecule has 0 spiro atoms. The first-order valence-corrected chi connectivity index (χ1v) is 6.25. The average molecular weight is 228 g/mol. The van der Waals surface area contributed by atoms with Gasteiger partial charge in [-0.15, -0.1) is 0 Å². The maximum absolute atomic E-state index is 11.7. The van der Waals surface area contributed by atoms with Gasteiger partial charge in [0, 0.05) is 19.8 Å². The summed E-state index contributed by atoms with van der Waals surface area (Å²) in [5.41, 5.74) is 0. The van der Waals surface area contributed by atoms with Crippen LogP contribution in [-0.2, 0) is 9.53 Å². The van der Waals surface area contributed by atoms with E-state index in [4.69, 9.17) is 4.74 Å². The van der Waals surface area contributed by atoms with E-state index < -0.39 is 0 Å². The summed E-state index contributed by atoms with van der Waals surface area (Å²) < 4.78 is 5.48. The highest BCUT2D eigenvalue weighted by Crippen LogP contribution is 2.07. The van der Waals surface area contributed by atoms with E-state index in [0.717, 1.165) is 32.6 Å². The highest BCUT2D eigenvalue weighted by atomic mass is 16.5. The highest BCUT2D eigenvalue weighted by Gasteiger charge is 2.28. The number of carbonyl (C=O) groups excluding carboxylic acids is 1. The zero-order chi connectivity index (χ0) is 12.0. The second kappa shape index (κ2) is 6.86. The van der Waals surface area contributed by atoms with Gasteiger partial charge in [0.2, 0.25) is 5.91 Å². The van der Waals surface area contributed by atoms with Crippen molar-refractivity contribution in [2.75, 3.05) is 26.4 Å². The molecule has 94 valence electrons. The molecule has 16 heavy (non-hydrogen) atoms. The number of ether oxygens (including phenoxy) is 1. The Morgan fingerprint density at radius 2 is 2.31 bits per heavy atom. The van der Waals surface area contributed by atoms with Gasteiger partial charge in [-0.05, 0) is 18.8 Å². The number of hydrogen-bond donors (Lipinski definition) is 1. The molecule has 1 N–H and O–H groups in total. The van der Waals surface area contributed by atoms with E-state index in [-0.39, 0.29) is 11.9 Å². The molecule has 0 aromatic heterocycles. The second-order valence-electron chi connectivity index (χ2n) is 4.75. The van der Waals surface area contributed by atoms with Gasteiger partial charge in [-0.3, -0.25) is 10.1 Å². The van der Waals surface area contributed by atoms with Crippen molar-refractivity contribution >= 4 is 5.91 Å². The summed E-state index contributed by atoms with van der Waals surface area (Å²) in [7, 11) is 0. The van der Waals surface area contributed by atoms with Crippen LogP contribution in [0.1, 0.15) is 33.6 Å². The predicted molar refractivity (Wildman–Crippen MR) is 64.1 cm³/mol. The lowest BCUT2D eigenvalue weighted by molar-refractivity contribution is -0.129. The number of nitrogens with zero attached hydrogens (tertiary/aromatic N) is 1. The lowest BCUT2D eigenvalue weighted by Gasteiger charge is -2.15. The van der Waals surface area contributed by atoms with Crippen LogP contribution >= 0.6 is 0 Å². The van der Waals surface area contributed by atoms with Gasteiger partial charge in [-0.1, -0.05) is 20.8 Å². The first-order chi connectivity index (χ1) is 7.65. The summed E-state index contributed by atoms with van der Waals surface area (Å²) in [5, 5.41) is 3.20. The molecule has 1 heterocycles. The Morgan fingerprint density at radius 3 is 2.88 bits per heavy atom. The maximum Gasteiger partial charge on any atom is 0.240 e. The minimum atomic E-state index is 0.0385. The fraction of sp³-hybridized carbons (Fsp3) is 0.917. The van der Waals surface area contributed by atoms with Gasteiger partial charge in [0.1, 0.15) is 0 Å². The highest BCUT2D eigenvalue weighted by molar-refractivity contribution is 5.83. The Kier molecular flexibility index (Phi) is 5.77. The monoisotopic (exact) mass is 228 g/mol. The Balaban J connectivity index is 2.08. The van der Waals surface area contributed by atoms with Crippen LogP contribution in [-0.4, -0.2) is 43.3 Å². The van der Waals surface area contributed by atoms with Crippen molar-refractivity contribution in [1.82, 2.24) is 10.2 Å². The summed E-state index contributed by atoms with van der Waals surface area (Å²) in [5.74, 6) is 0.825. The van der Waals surface area contributed by atoms with E-state index in [0.29, 0.717) is 12.6 Å². The smallest absolute Gasteiger partial charge is 0.240 e. The van der Waals surface area contributed by atoms with E-state index in [2.05, 4.69) is 19.2 Å². The molecule has 0 radical (unpaired) electrons. The van der Waals surface area contributed by atoms with Gasteiger partial charge >= 0.3 is 0 Å². The van der Waals surface area contributed by atoms with Crippen molar-refractivity contribution in [3.63, 3.8) is 0 Å². The minimum Gasteiger partial charge on any atom is -0.381 e. The summed E-state index contributed by atoms with van der Waals surface area (Å²) in [4.78, 5) is 13.6. The van der Waals surface area contributed by atoms with Crippen molar-refractivity contribution in [3.05, 3.63) is 0 Å². The largest absolute Gasteiger partial charge is 0.381 e. The molecule has 1 rings (SSSR count). The van der Waals surface area contributed by atoms with Crippen LogP contribution in [0.3, 0.4) is 0 Å². The van der Waals surface area contributed by atoms with E-state index in [9.17, 15) is 4.79 Å². The van der Waals surface area contributed by atoms with Crippen molar-refractivity contribution in [3.8, 4) is 0 Å². The molecule has 1 saturated heterocycles. The van der Waals surface area contributed by atoms with E-state index in [1.807, 2.05) is 11.8 Å². The average Bonchev–Trinajstić information content (AvgIpc) is 2.59. The standard InChI is InChI=1S/C12H24N2O2/c1-4-11-12(15)14(9-13-11)6-5-7-16-8-10(2)3/h10-11,13H,4-9H2,1-3H3. The molecule has 0 bridgehead atoms. The van der Waals surface area contributed by atoms with E-state index >= 15 is 0 Å². The molecule has 0 aromatic rings. The van der Waals surface area contributed by atoms with Crippen LogP contribution in [0.2, 0.25) is 0 Å². The molecule has 4 heteroatoms. The molecule has 0 saturated carbocycles. The van der Waals surface area contributed by atoms with Gasteiger partial charge in [0.15, 0.2) is 0 Å². The lowest BCUT2D eigenvalue weighted by Crippen LogP contribution is -2.31. The second-order valence-corrected chi connectivity index (χ2v) is 4.75. The molecule has 1 aliphatic rings. The van der Waals surface area contributed by atoms with Crippen molar-refractivity contribution in [1.29, 1.82) is 0 Å². The van der Waals surface area contributed by atoms with Crippen LogP contribution < -0.4 is 5.32 Å². The van der Waals surface area contributed by atoms with E-state index in [1.165, 1.54) is 0 Å². The van der Waals surface area contributed by atoms with Gasteiger partial charge < -0.3 is 9.64 Å². The number of hydrogen-bond acceptors (Lipinski definition) is 3. The molecule has 1 aliphatic heterocycles. The Labute approximate surface area is 98.3 Å². The van der Waals surface area contributed by atoms with Crippen LogP contribution in [0.15, 0.2) is 0 Å². The quantitative estimate of drug-likeness (QED) is 0.666. The fourth-order valence-corrected chi connectivity index (χ4v) is 1.79. The zero-order valence-electron chi connectivity index (χ0n) is 10.7. The number of carbonyl (C=O) groups is 1. The SMILES string of the molecule is CCC1NCN(CCCOCC(C)C)C1=O. The van der Waals surface area contributed by atoms with Gasteiger partial charge in [0.05, 0.1) is 12.7 Å². The fourth-order valence-electron chi connectivity index (χ4n) is 1.79. The van der Waals surface area contributed by atoms with Crippen LogP contribution in [0.25, 0.3) is 0 Å². The molecule has 0 aromatic carbocycles. The Morgan fingerprint density at radius 1 is 1.56 bits per heavy atom. The van der Waals surface area contributed by atoms with Gasteiger partial charge in [0.25, 0.3) is 0 Å². The van der Waals surface area contributed by atoms with Crippen molar-refractivity contribution in [2.24, 2.45) is 5.92 Å². The molecule has 0 aliphatic carbocycles. The normalized spacial score (nSPS) is 21.1. The molecule has 1 atom stereocenters. The molecular weight excluding hydrogens is 204 g/mol. The summed E-state index contributed by atoms with van der Waals surface area (Å²) >= 11 is 0. The number of nitrogens with one attached hydrogen (secondary N) is 1. The van der Waals surface area contributed by atoms with Crippen LogP contribution in [0.5, 0.6) is 0 Å². The molecule has 1 unspecified atom stereocenters. The third-order valence-electron chi connectivity index (χ3n) is 2.71. The summed E-state index contributed by atoms with van der Waals surface area (Å²) in [6, 6.07) is 0.0385. The first kappa shape index (κ1) is 13.5. The molecule has 1 amide bonds. The first-order valence-electron chi connectivity index (χ1n) is 6.25. The Bertz CT molecular complexity index is 219. The van der Waals surface area contributed by atoms with E-state index in [1.54, 1.807) is 0 Å². The van der Waals surface area contributed by atoms with Gasteiger partial charge in [-0.25, -0.2) is 0 Å². The number of amides is 1. The zero-order valence-corrected chi connectivity index (χ0v) is 10.7.